The zero-order valence-electron chi connectivity index (χ0n) is 11.0. The van der Waals surface area contributed by atoms with Crippen molar-refractivity contribution in [3.05, 3.63) is 30.1 Å². The number of hydrogen-bond donors (Lipinski definition) is 3. The summed E-state index contributed by atoms with van der Waals surface area (Å²) in [7, 11) is 0. The van der Waals surface area contributed by atoms with Gasteiger partial charge in [0.15, 0.2) is 0 Å². The maximum Gasteiger partial charge on any atom is 0.315 e. The summed E-state index contributed by atoms with van der Waals surface area (Å²) in [6.45, 7) is 3.79. The van der Waals surface area contributed by atoms with Crippen molar-refractivity contribution in [1.82, 2.24) is 10.6 Å². The zero-order valence-corrected chi connectivity index (χ0v) is 11.0. The number of ether oxygens (including phenoxy) is 1. The highest BCUT2D eigenvalue weighted by Crippen LogP contribution is 2.11. The number of benzene rings is 1. The largest absolute Gasteiger partial charge is 0.491 e. The normalized spacial score (nSPS) is 12.1. The van der Waals surface area contributed by atoms with Crippen molar-refractivity contribution in [3.63, 3.8) is 0 Å². The number of hydrogen-bond acceptors (Lipinski definition) is 3. The van der Waals surface area contributed by atoms with Crippen LogP contribution in [0.1, 0.15) is 13.8 Å². The lowest BCUT2D eigenvalue weighted by Crippen LogP contribution is -2.43. The van der Waals surface area contributed by atoms with Crippen LogP contribution in [0.2, 0.25) is 0 Å². The van der Waals surface area contributed by atoms with Gasteiger partial charge in [0.05, 0.1) is 0 Å². The first-order valence-electron chi connectivity index (χ1n) is 6.08. The van der Waals surface area contributed by atoms with Crippen molar-refractivity contribution in [2.45, 2.75) is 26.0 Å². The monoisotopic (exact) mass is 270 g/mol. The number of carbonyl (C=O) groups excluding carboxylic acids is 1. The van der Waals surface area contributed by atoms with Gasteiger partial charge in [0.25, 0.3) is 0 Å². The van der Waals surface area contributed by atoms with Crippen LogP contribution in [0.5, 0.6) is 5.75 Å². The number of amides is 2. The molecule has 0 aliphatic rings. The molecule has 5 nitrogen and oxygen atoms in total. The molecule has 0 saturated carbocycles. The van der Waals surface area contributed by atoms with Crippen molar-refractivity contribution < 1.29 is 19.0 Å². The lowest BCUT2D eigenvalue weighted by atomic mass is 10.3. The smallest absolute Gasteiger partial charge is 0.315 e. The number of rotatable bonds is 6. The fourth-order valence-corrected chi connectivity index (χ4v) is 1.31. The van der Waals surface area contributed by atoms with Gasteiger partial charge in [0, 0.05) is 12.6 Å². The standard InChI is InChI=1S/C13H19FN2O3/c1-9(2)16-13(18)15-7-11(17)8-19-12-5-3-10(14)4-6-12/h3-6,9,11,17H,7-8H2,1-2H3,(H2,15,16,18). The van der Waals surface area contributed by atoms with E-state index in [1.165, 1.54) is 24.3 Å². The van der Waals surface area contributed by atoms with Crippen molar-refractivity contribution in [1.29, 1.82) is 0 Å². The van der Waals surface area contributed by atoms with Gasteiger partial charge in [0.2, 0.25) is 0 Å². The molecule has 106 valence electrons. The van der Waals surface area contributed by atoms with Gasteiger partial charge in [-0.1, -0.05) is 0 Å². The Bertz CT molecular complexity index is 395. The molecule has 0 aromatic heterocycles. The van der Waals surface area contributed by atoms with E-state index in [9.17, 15) is 14.3 Å². The van der Waals surface area contributed by atoms with Crippen molar-refractivity contribution in [2.75, 3.05) is 13.2 Å². The van der Waals surface area contributed by atoms with Crippen LogP contribution < -0.4 is 15.4 Å². The van der Waals surface area contributed by atoms with Crippen LogP contribution in [-0.2, 0) is 0 Å². The number of urea groups is 1. The zero-order chi connectivity index (χ0) is 14.3. The predicted molar refractivity (Wildman–Crippen MR) is 69.6 cm³/mol. The van der Waals surface area contributed by atoms with Gasteiger partial charge in [-0.25, -0.2) is 9.18 Å². The Hall–Kier alpha value is -1.82. The Morgan fingerprint density at radius 2 is 2.00 bits per heavy atom. The van der Waals surface area contributed by atoms with Crippen LogP contribution in [0.4, 0.5) is 9.18 Å². The first kappa shape index (κ1) is 15.2. The molecule has 1 aromatic rings. The minimum absolute atomic E-state index is 0.0214. The van der Waals surface area contributed by atoms with Gasteiger partial charge in [0.1, 0.15) is 24.3 Å². The SMILES string of the molecule is CC(C)NC(=O)NCC(O)COc1ccc(F)cc1. The molecule has 1 atom stereocenters. The molecule has 2 amide bonds. The highest BCUT2D eigenvalue weighted by atomic mass is 19.1. The molecule has 3 N–H and O–H groups in total. The lowest BCUT2D eigenvalue weighted by Gasteiger charge is -2.14. The maximum absolute atomic E-state index is 12.6. The van der Waals surface area contributed by atoms with Crippen molar-refractivity contribution >= 4 is 6.03 Å². The third-order valence-electron chi connectivity index (χ3n) is 2.17. The summed E-state index contributed by atoms with van der Waals surface area (Å²) in [6, 6.07) is 5.19. The molecule has 0 bridgehead atoms. The van der Waals surface area contributed by atoms with E-state index in [0.29, 0.717) is 5.75 Å². The summed E-state index contributed by atoms with van der Waals surface area (Å²) >= 11 is 0. The molecule has 19 heavy (non-hydrogen) atoms. The molecular formula is C13H19FN2O3. The van der Waals surface area contributed by atoms with Gasteiger partial charge in [-0.05, 0) is 38.1 Å². The van der Waals surface area contributed by atoms with E-state index < -0.39 is 6.10 Å². The van der Waals surface area contributed by atoms with E-state index in [0.717, 1.165) is 0 Å². The summed E-state index contributed by atoms with van der Waals surface area (Å²) < 4.78 is 17.9. The second-order valence-corrected chi connectivity index (χ2v) is 4.43. The van der Waals surface area contributed by atoms with Gasteiger partial charge in [-0.15, -0.1) is 0 Å². The van der Waals surface area contributed by atoms with Crippen molar-refractivity contribution in [3.8, 4) is 5.75 Å². The Kier molecular flexibility index (Phi) is 6.08. The number of aliphatic hydroxyl groups excluding tert-OH is 1. The van der Waals surface area contributed by atoms with Crippen molar-refractivity contribution in [2.24, 2.45) is 0 Å². The first-order chi connectivity index (χ1) is 8.97. The van der Waals surface area contributed by atoms with Gasteiger partial charge < -0.3 is 20.5 Å². The van der Waals surface area contributed by atoms with E-state index in [1.807, 2.05) is 13.8 Å². The lowest BCUT2D eigenvalue weighted by molar-refractivity contribution is 0.107. The van der Waals surface area contributed by atoms with E-state index in [2.05, 4.69) is 10.6 Å². The second-order valence-electron chi connectivity index (χ2n) is 4.43. The summed E-state index contributed by atoms with van der Waals surface area (Å²) in [6.07, 6.45) is -0.831. The molecule has 1 rings (SSSR count). The molecule has 0 spiro atoms. The molecule has 1 unspecified atom stereocenters. The second kappa shape index (κ2) is 7.58. The number of carbonyl (C=O) groups is 1. The fraction of sp³-hybridized carbons (Fsp3) is 0.462. The molecule has 1 aromatic carbocycles. The predicted octanol–water partition coefficient (Wildman–Crippen LogP) is 1.27. The van der Waals surface area contributed by atoms with Gasteiger partial charge in [-0.2, -0.15) is 0 Å². The van der Waals surface area contributed by atoms with Crippen LogP contribution in [0, 0.1) is 5.82 Å². The fourth-order valence-electron chi connectivity index (χ4n) is 1.31. The van der Waals surface area contributed by atoms with E-state index in [-0.39, 0.29) is 31.0 Å². The molecule has 0 aliphatic carbocycles. The first-order valence-corrected chi connectivity index (χ1v) is 6.08. The summed E-state index contributed by atoms with van der Waals surface area (Å²) in [5.74, 6) is 0.118. The Labute approximate surface area is 111 Å². The maximum atomic E-state index is 12.6. The van der Waals surface area contributed by atoms with Gasteiger partial charge >= 0.3 is 6.03 Å². The molecule has 6 heteroatoms. The van der Waals surface area contributed by atoms with Crippen LogP contribution in [-0.4, -0.2) is 36.4 Å². The average Bonchev–Trinajstić information content (AvgIpc) is 2.35. The Balaban J connectivity index is 2.22. The molecule has 0 heterocycles. The Morgan fingerprint density at radius 3 is 2.58 bits per heavy atom. The third kappa shape index (κ3) is 6.61. The molecule has 0 fully saturated rings. The highest BCUT2D eigenvalue weighted by Gasteiger charge is 2.08. The topological polar surface area (TPSA) is 70.6 Å². The number of nitrogens with one attached hydrogen (secondary N) is 2. The minimum Gasteiger partial charge on any atom is -0.491 e. The van der Waals surface area contributed by atoms with Crippen LogP contribution in [0.3, 0.4) is 0 Å². The average molecular weight is 270 g/mol. The minimum atomic E-state index is -0.831. The van der Waals surface area contributed by atoms with Gasteiger partial charge in [-0.3, -0.25) is 0 Å². The van der Waals surface area contributed by atoms with E-state index in [1.54, 1.807) is 0 Å². The Morgan fingerprint density at radius 1 is 1.37 bits per heavy atom. The van der Waals surface area contributed by atoms with E-state index in [4.69, 9.17) is 4.74 Å². The number of aliphatic hydroxyl groups is 1. The summed E-state index contributed by atoms with van der Waals surface area (Å²) in [5, 5.41) is 14.8. The third-order valence-corrected chi connectivity index (χ3v) is 2.17. The van der Waals surface area contributed by atoms with E-state index >= 15 is 0 Å². The summed E-state index contributed by atoms with van der Waals surface area (Å²) in [5.41, 5.74) is 0. The highest BCUT2D eigenvalue weighted by molar-refractivity contribution is 5.74. The molecule has 0 aliphatic heterocycles. The molecular weight excluding hydrogens is 251 g/mol. The summed E-state index contributed by atoms with van der Waals surface area (Å²) in [4.78, 5) is 11.3. The van der Waals surface area contributed by atoms with Crippen LogP contribution >= 0.6 is 0 Å². The molecule has 0 saturated heterocycles. The number of halogens is 1. The molecule has 0 radical (unpaired) electrons. The van der Waals surface area contributed by atoms with Crippen LogP contribution in [0.25, 0.3) is 0 Å². The quantitative estimate of drug-likeness (QED) is 0.729. The van der Waals surface area contributed by atoms with Crippen LogP contribution in [0.15, 0.2) is 24.3 Å².